The van der Waals surface area contributed by atoms with E-state index in [0.717, 1.165) is 28.9 Å². The molecule has 4 rings (SSSR count). The Bertz CT molecular complexity index is 1100. The molecule has 0 unspecified atom stereocenters. The first kappa shape index (κ1) is 19.3. The van der Waals surface area contributed by atoms with Crippen molar-refractivity contribution in [3.63, 3.8) is 0 Å². The van der Waals surface area contributed by atoms with E-state index >= 15 is 0 Å². The number of thiocarbonyl (C=S) groups is 1. The van der Waals surface area contributed by atoms with Crippen molar-refractivity contribution < 1.29 is 18.0 Å². The highest BCUT2D eigenvalue weighted by molar-refractivity contribution is 7.80. The summed E-state index contributed by atoms with van der Waals surface area (Å²) in [7, 11) is 0. The second-order valence-electron chi connectivity index (χ2n) is 6.78. The third-order valence-electron chi connectivity index (χ3n) is 4.81. The second kappa shape index (κ2) is 7.44. The smallest absolute Gasteiger partial charge is 0.326 e. The number of aryl methyl sites for hydroxylation is 1. The zero-order valence-electron chi connectivity index (χ0n) is 15.2. The Hall–Kier alpha value is -3.00. The van der Waals surface area contributed by atoms with Crippen LogP contribution in [-0.4, -0.2) is 20.3 Å². The first-order valence-corrected chi connectivity index (χ1v) is 9.38. The van der Waals surface area contributed by atoms with Gasteiger partial charge >= 0.3 is 6.18 Å². The quantitative estimate of drug-likeness (QED) is 0.495. The molecule has 1 amide bonds. The molecule has 0 fully saturated rings. The van der Waals surface area contributed by atoms with E-state index in [1.54, 1.807) is 23.0 Å². The molecule has 0 aliphatic carbocycles. The lowest BCUT2D eigenvalue weighted by atomic mass is 9.98. The molecule has 29 heavy (non-hydrogen) atoms. The van der Waals surface area contributed by atoms with Crippen LogP contribution < -0.4 is 5.32 Å². The Balaban J connectivity index is 1.58. The first-order valence-electron chi connectivity index (χ1n) is 8.97. The monoisotopic (exact) mass is 415 g/mol. The van der Waals surface area contributed by atoms with Gasteiger partial charge in [-0.25, -0.2) is 4.98 Å². The summed E-state index contributed by atoms with van der Waals surface area (Å²) in [5.41, 5.74) is 2.31. The van der Waals surface area contributed by atoms with Crippen LogP contribution in [0.1, 0.15) is 28.9 Å². The summed E-state index contributed by atoms with van der Waals surface area (Å²) in [6, 6.07) is 10.7. The average Bonchev–Trinajstić information content (AvgIpc) is 3.15. The van der Waals surface area contributed by atoms with E-state index in [9.17, 15) is 18.0 Å². The number of imidazole rings is 1. The van der Waals surface area contributed by atoms with Crippen LogP contribution in [0.2, 0.25) is 0 Å². The first-order chi connectivity index (χ1) is 13.8. The lowest BCUT2D eigenvalue weighted by molar-refractivity contribution is -0.137. The Morgan fingerprint density at radius 3 is 2.79 bits per heavy atom. The van der Waals surface area contributed by atoms with E-state index in [1.165, 1.54) is 6.07 Å². The minimum Gasteiger partial charge on any atom is -0.326 e. The second-order valence-corrected chi connectivity index (χ2v) is 7.27. The SMILES string of the molecule is O=C1CCc2cc(C(=S)Cc3nccn3-c3cccc(C(F)(F)F)c3)ccc2N1. The van der Waals surface area contributed by atoms with Gasteiger partial charge in [0.1, 0.15) is 5.82 Å². The van der Waals surface area contributed by atoms with Crippen LogP contribution in [0.5, 0.6) is 0 Å². The number of carbonyl (C=O) groups is 1. The molecule has 0 saturated carbocycles. The van der Waals surface area contributed by atoms with Crippen LogP contribution in [0.25, 0.3) is 5.69 Å². The maximum absolute atomic E-state index is 13.0. The van der Waals surface area contributed by atoms with Crippen molar-refractivity contribution >= 4 is 28.7 Å². The van der Waals surface area contributed by atoms with Crippen molar-refractivity contribution in [1.29, 1.82) is 0 Å². The summed E-state index contributed by atoms with van der Waals surface area (Å²) in [4.78, 5) is 16.4. The molecule has 2 aromatic carbocycles. The van der Waals surface area contributed by atoms with E-state index in [-0.39, 0.29) is 5.91 Å². The molecule has 0 radical (unpaired) electrons. The van der Waals surface area contributed by atoms with Crippen LogP contribution >= 0.6 is 12.2 Å². The van der Waals surface area contributed by atoms with Crippen LogP contribution in [0.4, 0.5) is 18.9 Å². The van der Waals surface area contributed by atoms with Gasteiger partial charge in [0.2, 0.25) is 5.91 Å². The third kappa shape index (κ3) is 4.07. The Kier molecular flexibility index (Phi) is 4.96. The highest BCUT2D eigenvalue weighted by Crippen LogP contribution is 2.30. The molecule has 0 atom stereocenters. The number of rotatable bonds is 4. The van der Waals surface area contributed by atoms with Gasteiger partial charge in [-0.15, -0.1) is 0 Å². The fourth-order valence-electron chi connectivity index (χ4n) is 3.33. The number of nitrogens with zero attached hydrogens (tertiary/aromatic N) is 2. The van der Waals surface area contributed by atoms with Gasteiger partial charge in [-0.1, -0.05) is 24.4 Å². The highest BCUT2D eigenvalue weighted by atomic mass is 32.1. The zero-order chi connectivity index (χ0) is 20.6. The van der Waals surface area contributed by atoms with Crippen molar-refractivity contribution in [3.8, 4) is 5.69 Å². The molecule has 0 saturated heterocycles. The lowest BCUT2D eigenvalue weighted by Gasteiger charge is -2.18. The molecule has 0 spiro atoms. The van der Waals surface area contributed by atoms with Crippen LogP contribution in [0, 0.1) is 0 Å². The van der Waals surface area contributed by atoms with Gasteiger partial charge < -0.3 is 9.88 Å². The Morgan fingerprint density at radius 1 is 1.17 bits per heavy atom. The average molecular weight is 415 g/mol. The molecule has 148 valence electrons. The normalized spacial score (nSPS) is 13.7. The maximum atomic E-state index is 13.0. The predicted molar refractivity (Wildman–Crippen MR) is 107 cm³/mol. The van der Waals surface area contributed by atoms with Gasteiger partial charge in [0.05, 0.1) is 5.56 Å². The molecule has 8 heteroatoms. The van der Waals surface area contributed by atoms with Crippen molar-refractivity contribution in [2.45, 2.75) is 25.4 Å². The number of benzene rings is 2. The van der Waals surface area contributed by atoms with E-state index in [2.05, 4.69) is 10.3 Å². The standard InChI is InChI=1S/C21H16F3N3OS/c22-21(23,24)15-2-1-3-16(11-15)27-9-8-25-19(27)12-18(29)14-4-6-17-13(10-14)5-7-20(28)26-17/h1-4,6,8-11H,5,7,12H2,(H,26,28). The highest BCUT2D eigenvalue weighted by Gasteiger charge is 2.30. The molecule has 2 heterocycles. The van der Waals surface area contributed by atoms with Gasteiger partial charge in [0.15, 0.2) is 0 Å². The number of alkyl halides is 3. The Morgan fingerprint density at radius 2 is 2.00 bits per heavy atom. The van der Waals surface area contributed by atoms with Crippen molar-refractivity contribution in [2.24, 2.45) is 0 Å². The van der Waals surface area contributed by atoms with E-state index < -0.39 is 11.7 Å². The van der Waals surface area contributed by atoms with E-state index in [0.29, 0.717) is 35.6 Å². The number of aromatic nitrogens is 2. The predicted octanol–water partition coefficient (Wildman–Crippen LogP) is 4.74. The molecule has 3 aromatic rings. The maximum Gasteiger partial charge on any atom is 0.416 e. The topological polar surface area (TPSA) is 46.9 Å². The minimum absolute atomic E-state index is 0.00376. The van der Waals surface area contributed by atoms with Gasteiger partial charge in [0, 0.05) is 41.5 Å². The molecular weight excluding hydrogens is 399 g/mol. The number of anilines is 1. The van der Waals surface area contributed by atoms with Gasteiger partial charge in [-0.05, 0) is 47.9 Å². The molecular formula is C21H16F3N3OS. The summed E-state index contributed by atoms with van der Waals surface area (Å²) in [6.45, 7) is 0. The molecule has 4 nitrogen and oxygen atoms in total. The molecule has 1 aliphatic heterocycles. The summed E-state index contributed by atoms with van der Waals surface area (Å²) < 4.78 is 40.7. The Labute approximate surface area is 170 Å². The number of carbonyl (C=O) groups excluding carboxylic acids is 1. The minimum atomic E-state index is -4.41. The van der Waals surface area contributed by atoms with Gasteiger partial charge in [-0.3, -0.25) is 4.79 Å². The molecule has 1 N–H and O–H groups in total. The van der Waals surface area contributed by atoms with Crippen molar-refractivity contribution in [2.75, 3.05) is 5.32 Å². The van der Waals surface area contributed by atoms with Crippen molar-refractivity contribution in [3.05, 3.63) is 77.4 Å². The lowest BCUT2D eigenvalue weighted by Crippen LogP contribution is -2.19. The number of nitrogens with one attached hydrogen (secondary N) is 1. The van der Waals surface area contributed by atoms with Crippen molar-refractivity contribution in [1.82, 2.24) is 9.55 Å². The van der Waals surface area contributed by atoms with Crippen LogP contribution in [0.15, 0.2) is 54.9 Å². The zero-order valence-corrected chi connectivity index (χ0v) is 16.0. The summed E-state index contributed by atoms with van der Waals surface area (Å²) in [6.07, 6.45) is 0.143. The van der Waals surface area contributed by atoms with E-state index in [4.69, 9.17) is 12.2 Å². The number of fused-ring (bicyclic) bond motifs is 1. The van der Waals surface area contributed by atoms with Crippen LogP contribution in [-0.2, 0) is 23.8 Å². The molecule has 1 aliphatic rings. The number of amides is 1. The number of hydrogen-bond donors (Lipinski definition) is 1. The van der Waals surface area contributed by atoms with Gasteiger partial charge in [0.25, 0.3) is 0 Å². The summed E-state index contributed by atoms with van der Waals surface area (Å²) in [5.74, 6) is 0.552. The third-order valence-corrected chi connectivity index (χ3v) is 5.19. The largest absolute Gasteiger partial charge is 0.416 e. The summed E-state index contributed by atoms with van der Waals surface area (Å²) >= 11 is 5.57. The fourth-order valence-corrected chi connectivity index (χ4v) is 3.59. The number of halogens is 3. The summed E-state index contributed by atoms with van der Waals surface area (Å²) in [5, 5.41) is 2.83. The van der Waals surface area contributed by atoms with Gasteiger partial charge in [-0.2, -0.15) is 13.2 Å². The number of hydrogen-bond acceptors (Lipinski definition) is 3. The molecule has 0 bridgehead atoms. The van der Waals surface area contributed by atoms with E-state index in [1.807, 2.05) is 18.2 Å². The molecule has 1 aromatic heterocycles. The van der Waals surface area contributed by atoms with Crippen LogP contribution in [0.3, 0.4) is 0 Å². The fraction of sp³-hybridized carbons (Fsp3) is 0.190.